The third-order valence-electron chi connectivity index (χ3n) is 3.83. The highest BCUT2D eigenvalue weighted by molar-refractivity contribution is 7.71. The van der Waals surface area contributed by atoms with Crippen molar-refractivity contribution in [1.82, 2.24) is 9.55 Å². The van der Waals surface area contributed by atoms with Gasteiger partial charge >= 0.3 is 0 Å². The Morgan fingerprint density at radius 3 is 1.97 bits per heavy atom. The highest BCUT2D eigenvalue weighted by atomic mass is 32.1. The van der Waals surface area contributed by atoms with Crippen molar-refractivity contribution in [2.75, 3.05) is 0 Å². The van der Waals surface area contributed by atoms with Crippen molar-refractivity contribution in [1.29, 1.82) is 0 Å². The number of hydrogen-bond donors (Lipinski definition) is 1. The molecule has 0 spiro atoms. The van der Waals surface area contributed by atoms with E-state index < -0.39 is 0 Å². The third-order valence-corrected chi connectivity index (χ3v) is 4.28. The van der Waals surface area contributed by atoms with Crippen LogP contribution in [0.3, 0.4) is 0 Å². The number of aromatic hydroxyl groups is 1. The van der Waals surface area contributed by atoms with Gasteiger partial charge in [-0.2, -0.15) is 0 Å². The van der Waals surface area contributed by atoms with E-state index in [1.807, 2.05) is 48.7 Å². The lowest BCUT2D eigenvalue weighted by molar-refractivity contribution is 0.474. The van der Waals surface area contributed by atoms with Gasteiger partial charge in [0.05, 0.1) is 5.69 Å². The monoisotopic (exact) mass is 404 g/mol. The molecule has 1 N–H and O–H groups in total. The van der Waals surface area contributed by atoms with Crippen LogP contribution >= 0.6 is 12.2 Å². The number of pyridine rings is 2. The number of aromatic nitrogens is 2. The first-order valence-electron chi connectivity index (χ1n) is 9.22. The van der Waals surface area contributed by atoms with E-state index in [4.69, 9.17) is 17.3 Å². The van der Waals surface area contributed by atoms with Gasteiger partial charge in [-0.25, -0.2) is 0 Å². The lowest BCUT2D eigenvalue weighted by Gasteiger charge is -2.11. The number of phenolic OH excluding ortho intramolecular Hbond substituents is 1. The number of rotatable bonds is 4. The lowest BCUT2D eigenvalue weighted by Crippen LogP contribution is -2.02. The maximum absolute atomic E-state index is 9.04. The van der Waals surface area contributed by atoms with Crippen molar-refractivity contribution in [2.45, 2.75) is 19.9 Å². The summed E-state index contributed by atoms with van der Waals surface area (Å²) in [4.78, 5) is 3.98. The number of nitrogens with zero attached hydrogens (tertiary/aromatic N) is 2. The first kappa shape index (κ1) is 23.8. The molecule has 0 aliphatic carbocycles. The number of phenols is 1. The van der Waals surface area contributed by atoms with Crippen molar-refractivity contribution in [3.63, 3.8) is 0 Å². The summed E-state index contributed by atoms with van der Waals surface area (Å²) in [5.41, 5.74) is 2.73. The fourth-order valence-corrected chi connectivity index (χ4v) is 2.67. The van der Waals surface area contributed by atoms with Crippen molar-refractivity contribution in [3.8, 4) is 5.75 Å². The summed E-state index contributed by atoms with van der Waals surface area (Å²) in [6, 6.07) is 17.2. The zero-order chi connectivity index (χ0) is 21.6. The summed E-state index contributed by atoms with van der Waals surface area (Å²) in [7, 11) is 0. The molecule has 4 heteroatoms. The minimum Gasteiger partial charge on any atom is -0.507 e. The molecule has 3 nitrogen and oxygen atoms in total. The molecule has 0 aliphatic heterocycles. The maximum atomic E-state index is 9.04. The van der Waals surface area contributed by atoms with E-state index in [-0.39, 0.29) is 5.75 Å². The Kier molecular flexibility index (Phi) is 10.7. The smallest absolute Gasteiger partial charge is 0.122 e. The molecule has 3 aromatic rings. The molecule has 0 aliphatic rings. The highest BCUT2D eigenvalue weighted by Gasteiger charge is 1.98. The quantitative estimate of drug-likeness (QED) is 0.467. The molecule has 2 heterocycles. The summed E-state index contributed by atoms with van der Waals surface area (Å²) < 4.78 is 2.93. The van der Waals surface area contributed by atoms with E-state index in [0.29, 0.717) is 6.04 Å². The lowest BCUT2D eigenvalue weighted by atomic mass is 10.2. The average molecular weight is 405 g/mol. The van der Waals surface area contributed by atoms with E-state index >= 15 is 0 Å². The molecule has 3 rings (SSSR count). The van der Waals surface area contributed by atoms with Gasteiger partial charge < -0.3 is 9.67 Å². The summed E-state index contributed by atoms with van der Waals surface area (Å²) >= 11 is 5.26. The SMILES string of the molecule is C=Cc1ccccc1O.C=Cc1ccccn1.C=Cc1cccn(C(C)C)c1=S. The van der Waals surface area contributed by atoms with Gasteiger partial charge in [0.15, 0.2) is 0 Å². The zero-order valence-electron chi connectivity index (χ0n) is 17.0. The molecule has 2 aromatic heterocycles. The maximum Gasteiger partial charge on any atom is 0.122 e. The second-order valence-corrected chi connectivity index (χ2v) is 6.58. The van der Waals surface area contributed by atoms with Gasteiger partial charge in [0, 0.05) is 29.6 Å². The van der Waals surface area contributed by atoms with Crippen LogP contribution in [0.4, 0.5) is 0 Å². The molecule has 0 saturated heterocycles. The van der Waals surface area contributed by atoms with Crippen LogP contribution in [-0.2, 0) is 0 Å². The van der Waals surface area contributed by atoms with Crippen LogP contribution < -0.4 is 0 Å². The van der Waals surface area contributed by atoms with E-state index in [1.54, 1.807) is 36.6 Å². The predicted octanol–water partition coefficient (Wildman–Crippen LogP) is 7.20. The summed E-state index contributed by atoms with van der Waals surface area (Å²) in [6.45, 7) is 15.0. The Labute approximate surface area is 179 Å². The molecule has 0 atom stereocenters. The Hall–Kier alpha value is -3.24. The van der Waals surface area contributed by atoms with Crippen molar-refractivity contribution in [3.05, 3.63) is 108 Å². The minimum atomic E-state index is 0.285. The second-order valence-electron chi connectivity index (χ2n) is 6.20. The fourth-order valence-electron chi connectivity index (χ4n) is 2.25. The Morgan fingerprint density at radius 1 is 0.897 bits per heavy atom. The third kappa shape index (κ3) is 8.11. The molecule has 1 aromatic carbocycles. The average Bonchev–Trinajstić information content (AvgIpc) is 2.75. The van der Waals surface area contributed by atoms with Gasteiger partial charge in [0.2, 0.25) is 0 Å². The molecule has 0 unspecified atom stereocenters. The number of para-hydroxylation sites is 1. The summed E-state index contributed by atoms with van der Waals surface area (Å²) in [5.74, 6) is 0.285. The molecule has 0 amide bonds. The minimum absolute atomic E-state index is 0.285. The molecule has 29 heavy (non-hydrogen) atoms. The number of hydrogen-bond acceptors (Lipinski definition) is 3. The molecule has 0 saturated carbocycles. The number of benzene rings is 1. The molecule has 150 valence electrons. The Balaban J connectivity index is 0.000000223. The molecular formula is C25H28N2OS. The molecule has 0 fully saturated rings. The normalized spacial score (nSPS) is 9.34. The van der Waals surface area contributed by atoms with Crippen LogP contribution in [0.5, 0.6) is 5.75 Å². The van der Waals surface area contributed by atoms with Crippen LogP contribution in [0, 0.1) is 4.64 Å². The Bertz CT molecular complexity index is 975. The first-order valence-corrected chi connectivity index (χ1v) is 9.62. The van der Waals surface area contributed by atoms with Crippen LogP contribution in [0.25, 0.3) is 18.2 Å². The van der Waals surface area contributed by atoms with Gasteiger partial charge in [-0.1, -0.05) is 74.4 Å². The van der Waals surface area contributed by atoms with Crippen LogP contribution in [0.15, 0.2) is 86.7 Å². The predicted molar refractivity (Wildman–Crippen MR) is 128 cm³/mol. The van der Waals surface area contributed by atoms with Crippen molar-refractivity contribution >= 4 is 30.4 Å². The van der Waals surface area contributed by atoms with E-state index in [2.05, 4.69) is 43.1 Å². The summed E-state index contributed by atoms with van der Waals surface area (Å²) in [5, 5.41) is 9.04. The standard InChI is InChI=1S/C10H13NS.C8H8O.C7H7N/c1-4-9-6-5-7-11(8(2)3)10(9)12;1-2-7-5-3-4-6-8(7)9;1-2-7-5-3-4-6-8-7/h4-8H,1H2,2-3H3;2-6,9H,1H2;2-6H,1H2. The van der Waals surface area contributed by atoms with Crippen molar-refractivity contribution < 1.29 is 5.11 Å². The van der Waals surface area contributed by atoms with E-state index in [0.717, 1.165) is 21.5 Å². The molecule has 0 radical (unpaired) electrons. The molecule has 0 bridgehead atoms. The van der Waals surface area contributed by atoms with Crippen LogP contribution in [-0.4, -0.2) is 14.7 Å². The highest BCUT2D eigenvalue weighted by Crippen LogP contribution is 2.15. The van der Waals surface area contributed by atoms with Gasteiger partial charge in [0.1, 0.15) is 10.4 Å². The van der Waals surface area contributed by atoms with E-state index in [9.17, 15) is 0 Å². The van der Waals surface area contributed by atoms with Gasteiger partial charge in [-0.3, -0.25) is 4.98 Å². The van der Waals surface area contributed by atoms with Crippen LogP contribution in [0.1, 0.15) is 36.7 Å². The fraction of sp³-hybridized carbons (Fsp3) is 0.120. The zero-order valence-corrected chi connectivity index (χ0v) is 17.8. The molecular weight excluding hydrogens is 376 g/mol. The Morgan fingerprint density at radius 2 is 1.52 bits per heavy atom. The van der Waals surface area contributed by atoms with Crippen LogP contribution in [0.2, 0.25) is 0 Å². The first-order chi connectivity index (χ1) is 13.9. The van der Waals surface area contributed by atoms with E-state index in [1.165, 1.54) is 0 Å². The largest absolute Gasteiger partial charge is 0.507 e. The van der Waals surface area contributed by atoms with Crippen molar-refractivity contribution in [2.24, 2.45) is 0 Å². The topological polar surface area (TPSA) is 38.1 Å². The second kappa shape index (κ2) is 13.0. The van der Waals surface area contributed by atoms with Gasteiger partial charge in [-0.05, 0) is 44.2 Å². The summed E-state index contributed by atoms with van der Waals surface area (Å²) in [6.07, 6.45) is 8.88. The van der Waals surface area contributed by atoms with Gasteiger partial charge in [0.25, 0.3) is 0 Å². The van der Waals surface area contributed by atoms with Gasteiger partial charge in [-0.15, -0.1) is 0 Å².